The van der Waals surface area contributed by atoms with Crippen molar-refractivity contribution < 1.29 is 0 Å². The van der Waals surface area contributed by atoms with E-state index in [0.29, 0.717) is 17.5 Å². The summed E-state index contributed by atoms with van der Waals surface area (Å²) in [5.74, 6) is 0. The van der Waals surface area contributed by atoms with E-state index in [1.807, 2.05) is 11.3 Å². The van der Waals surface area contributed by atoms with Crippen LogP contribution >= 0.6 is 11.3 Å². The molecule has 21 heavy (non-hydrogen) atoms. The minimum atomic E-state index is 0.305. The molecule has 0 saturated heterocycles. The van der Waals surface area contributed by atoms with Crippen molar-refractivity contribution in [3.63, 3.8) is 0 Å². The number of hydrogen-bond acceptors (Lipinski definition) is 2. The van der Waals surface area contributed by atoms with E-state index in [-0.39, 0.29) is 0 Å². The van der Waals surface area contributed by atoms with E-state index in [2.05, 4.69) is 67.9 Å². The first-order valence-electron chi connectivity index (χ1n) is 7.99. The fourth-order valence-electron chi connectivity index (χ4n) is 3.47. The van der Waals surface area contributed by atoms with Gasteiger partial charge in [0.15, 0.2) is 0 Å². The summed E-state index contributed by atoms with van der Waals surface area (Å²) in [6, 6.07) is 14.3. The van der Waals surface area contributed by atoms with E-state index in [9.17, 15) is 0 Å². The molecule has 2 atom stereocenters. The van der Waals surface area contributed by atoms with Gasteiger partial charge in [-0.3, -0.25) is 0 Å². The van der Waals surface area contributed by atoms with Gasteiger partial charge in [-0.05, 0) is 47.3 Å². The molecule has 0 spiro atoms. The van der Waals surface area contributed by atoms with Gasteiger partial charge in [0, 0.05) is 17.0 Å². The topological polar surface area (TPSA) is 12.0 Å². The van der Waals surface area contributed by atoms with E-state index in [1.54, 1.807) is 0 Å². The Hall–Kier alpha value is -1.12. The number of thiophene rings is 1. The van der Waals surface area contributed by atoms with Crippen LogP contribution in [0.25, 0.3) is 0 Å². The first-order valence-corrected chi connectivity index (χ1v) is 8.87. The first-order chi connectivity index (χ1) is 10.1. The van der Waals surface area contributed by atoms with Crippen molar-refractivity contribution >= 4 is 11.3 Å². The summed E-state index contributed by atoms with van der Waals surface area (Å²) in [5.41, 5.74) is 3.33. The average molecular weight is 299 g/mol. The number of nitrogens with one attached hydrogen (secondary N) is 1. The quantitative estimate of drug-likeness (QED) is 0.785. The van der Waals surface area contributed by atoms with Crippen LogP contribution < -0.4 is 5.32 Å². The third-order valence-corrected chi connectivity index (χ3v) is 5.83. The molecule has 2 aromatic rings. The van der Waals surface area contributed by atoms with Crippen LogP contribution in [0.4, 0.5) is 0 Å². The fraction of sp³-hybridized carbons (Fsp3) is 0.474. The van der Waals surface area contributed by atoms with Gasteiger partial charge in [0.05, 0.1) is 0 Å². The fourth-order valence-corrected chi connectivity index (χ4v) is 4.34. The molecule has 2 unspecified atom stereocenters. The Morgan fingerprint density at radius 2 is 2.05 bits per heavy atom. The SMILES string of the molecule is CCC(NC1c2ccccc2CCC1(C)C)c1cccs1. The first kappa shape index (κ1) is 14.8. The van der Waals surface area contributed by atoms with Crippen LogP contribution in [0.15, 0.2) is 41.8 Å². The van der Waals surface area contributed by atoms with Gasteiger partial charge in [0.25, 0.3) is 0 Å². The second-order valence-electron chi connectivity index (χ2n) is 6.76. The van der Waals surface area contributed by atoms with Crippen LogP contribution in [0.3, 0.4) is 0 Å². The van der Waals surface area contributed by atoms with E-state index in [4.69, 9.17) is 0 Å². The summed E-state index contributed by atoms with van der Waals surface area (Å²) < 4.78 is 0. The average Bonchev–Trinajstić information content (AvgIpc) is 3.00. The third kappa shape index (κ3) is 2.93. The smallest absolute Gasteiger partial charge is 0.0417 e. The predicted octanol–water partition coefficient (Wildman–Crippen LogP) is 5.50. The Labute approximate surface area is 132 Å². The molecule has 1 nitrogen and oxygen atoms in total. The predicted molar refractivity (Wildman–Crippen MR) is 91.8 cm³/mol. The van der Waals surface area contributed by atoms with Gasteiger partial charge in [0.2, 0.25) is 0 Å². The van der Waals surface area contributed by atoms with Gasteiger partial charge in [-0.25, -0.2) is 0 Å². The Bertz CT molecular complexity index is 585. The lowest BCUT2D eigenvalue weighted by Gasteiger charge is -2.42. The maximum Gasteiger partial charge on any atom is 0.0417 e. The molecule has 1 N–H and O–H groups in total. The number of aryl methyl sites for hydroxylation is 1. The summed E-state index contributed by atoms with van der Waals surface area (Å²) in [5, 5.41) is 6.15. The van der Waals surface area contributed by atoms with E-state index in [0.717, 1.165) is 6.42 Å². The molecule has 0 bridgehead atoms. The van der Waals surface area contributed by atoms with Crippen LogP contribution in [0.2, 0.25) is 0 Å². The van der Waals surface area contributed by atoms with Crippen molar-refractivity contribution in [3.8, 4) is 0 Å². The second-order valence-corrected chi connectivity index (χ2v) is 7.74. The molecule has 0 fully saturated rings. The largest absolute Gasteiger partial charge is 0.302 e. The third-order valence-electron chi connectivity index (χ3n) is 4.85. The molecule has 2 heteroatoms. The lowest BCUT2D eigenvalue weighted by Crippen LogP contribution is -2.39. The van der Waals surface area contributed by atoms with Gasteiger partial charge in [0.1, 0.15) is 0 Å². The van der Waals surface area contributed by atoms with Crippen molar-refractivity contribution in [2.45, 2.75) is 52.1 Å². The molecule has 0 radical (unpaired) electrons. The zero-order valence-corrected chi connectivity index (χ0v) is 14.0. The highest BCUT2D eigenvalue weighted by atomic mass is 32.1. The second kappa shape index (κ2) is 5.94. The summed E-state index contributed by atoms with van der Waals surface area (Å²) in [7, 11) is 0. The summed E-state index contributed by atoms with van der Waals surface area (Å²) >= 11 is 1.86. The van der Waals surface area contributed by atoms with Crippen LogP contribution in [0.5, 0.6) is 0 Å². The van der Waals surface area contributed by atoms with Crippen molar-refractivity contribution in [1.82, 2.24) is 5.32 Å². The lowest BCUT2D eigenvalue weighted by atomic mass is 9.70. The van der Waals surface area contributed by atoms with Crippen molar-refractivity contribution in [2.24, 2.45) is 5.41 Å². The molecule has 3 rings (SSSR count). The minimum absolute atomic E-state index is 0.305. The summed E-state index contributed by atoms with van der Waals surface area (Å²) in [6.45, 7) is 7.09. The number of rotatable bonds is 4. The highest BCUT2D eigenvalue weighted by Gasteiger charge is 2.36. The summed E-state index contributed by atoms with van der Waals surface area (Å²) in [4.78, 5) is 1.45. The van der Waals surface area contributed by atoms with Crippen molar-refractivity contribution in [3.05, 3.63) is 57.8 Å². The van der Waals surface area contributed by atoms with E-state index < -0.39 is 0 Å². The molecule has 1 heterocycles. The van der Waals surface area contributed by atoms with Crippen LogP contribution in [-0.4, -0.2) is 0 Å². The number of benzene rings is 1. The van der Waals surface area contributed by atoms with Gasteiger partial charge in [-0.15, -0.1) is 11.3 Å². The van der Waals surface area contributed by atoms with E-state index in [1.165, 1.54) is 28.8 Å². The molecule has 0 amide bonds. The van der Waals surface area contributed by atoms with Crippen molar-refractivity contribution in [2.75, 3.05) is 0 Å². The van der Waals surface area contributed by atoms with Gasteiger partial charge in [-0.1, -0.05) is 51.1 Å². The maximum atomic E-state index is 3.96. The Morgan fingerprint density at radius 1 is 1.24 bits per heavy atom. The van der Waals surface area contributed by atoms with Crippen LogP contribution in [0, 0.1) is 5.41 Å². The zero-order chi connectivity index (χ0) is 14.9. The van der Waals surface area contributed by atoms with Gasteiger partial charge in [-0.2, -0.15) is 0 Å². The van der Waals surface area contributed by atoms with Gasteiger partial charge < -0.3 is 5.32 Å². The number of fused-ring (bicyclic) bond motifs is 1. The molecule has 0 saturated carbocycles. The summed E-state index contributed by atoms with van der Waals surface area (Å²) in [6.07, 6.45) is 3.59. The van der Waals surface area contributed by atoms with Crippen molar-refractivity contribution in [1.29, 1.82) is 0 Å². The molecule has 0 aliphatic heterocycles. The van der Waals surface area contributed by atoms with Crippen LogP contribution in [-0.2, 0) is 6.42 Å². The molecular weight excluding hydrogens is 274 g/mol. The maximum absolute atomic E-state index is 3.96. The molecular formula is C19H25NS. The zero-order valence-electron chi connectivity index (χ0n) is 13.2. The molecule has 1 aromatic carbocycles. The Kier molecular flexibility index (Phi) is 4.19. The normalized spacial score (nSPS) is 21.8. The highest BCUT2D eigenvalue weighted by molar-refractivity contribution is 7.10. The number of hydrogen-bond donors (Lipinski definition) is 1. The lowest BCUT2D eigenvalue weighted by molar-refractivity contribution is 0.192. The molecule has 1 aromatic heterocycles. The minimum Gasteiger partial charge on any atom is -0.302 e. The Balaban J connectivity index is 1.92. The van der Waals surface area contributed by atoms with E-state index >= 15 is 0 Å². The monoisotopic (exact) mass is 299 g/mol. The molecule has 1 aliphatic carbocycles. The Morgan fingerprint density at radius 3 is 2.76 bits per heavy atom. The molecule has 112 valence electrons. The van der Waals surface area contributed by atoms with Crippen LogP contribution in [0.1, 0.15) is 61.7 Å². The molecule has 1 aliphatic rings. The van der Waals surface area contributed by atoms with Gasteiger partial charge >= 0.3 is 0 Å². The standard InChI is InChI=1S/C19H25NS/c1-4-16(17-10-7-13-21-17)20-18-15-9-6-5-8-14(15)11-12-19(18,2)3/h5-10,13,16,18,20H,4,11-12H2,1-3H3. The highest BCUT2D eigenvalue weighted by Crippen LogP contribution is 2.44.